The van der Waals surface area contributed by atoms with Crippen LogP contribution in [0.2, 0.25) is 10.0 Å². The van der Waals surface area contributed by atoms with Crippen molar-refractivity contribution >= 4 is 52.2 Å². The lowest BCUT2D eigenvalue weighted by Gasteiger charge is -2.26. The van der Waals surface area contributed by atoms with Crippen molar-refractivity contribution in [2.24, 2.45) is 0 Å². The largest absolute Gasteiger partial charge is 0.416 e. The molecule has 2 aromatic carbocycles. The van der Waals surface area contributed by atoms with Crippen molar-refractivity contribution in [3.8, 4) is 27.5 Å². The molecule has 0 aliphatic carbocycles. The smallest absolute Gasteiger partial charge is 0.336 e. The summed E-state index contributed by atoms with van der Waals surface area (Å²) in [7, 11) is 0. The van der Waals surface area contributed by atoms with Gasteiger partial charge in [0.15, 0.2) is 0 Å². The number of carbonyl (C=O) groups excluding carboxylic acids is 1. The van der Waals surface area contributed by atoms with Gasteiger partial charge in [0, 0.05) is 35.5 Å². The lowest BCUT2D eigenvalue weighted by atomic mass is 9.97. The molecule has 5 rings (SSSR count). The number of thioether (sulfide) groups is 1. The summed E-state index contributed by atoms with van der Waals surface area (Å²) in [4.78, 5) is 23.6. The van der Waals surface area contributed by atoms with Crippen LogP contribution in [0.25, 0.3) is 27.5 Å². The van der Waals surface area contributed by atoms with Crippen molar-refractivity contribution < 1.29 is 18.0 Å². The summed E-state index contributed by atoms with van der Waals surface area (Å²) in [5, 5.41) is 6.25. The SMILES string of the molecule is CCN(CC)C1CCN(C(=O)c2c(-c3cc(C)cc(C(F)(F)F)c3)c(C)nn2-c2nc(-c3ccc(Cl)c(Cl)c3)c(SC(C)C)s2)C1. The number of amides is 1. The fraction of sp³-hybridized carbons (Fsp3) is 0.424. The van der Waals surface area contributed by atoms with E-state index in [0.717, 1.165) is 41.4 Å². The van der Waals surface area contributed by atoms with Crippen LogP contribution in [-0.4, -0.2) is 67.9 Å². The van der Waals surface area contributed by atoms with Crippen LogP contribution in [-0.2, 0) is 6.18 Å². The van der Waals surface area contributed by atoms with E-state index in [-0.39, 0.29) is 28.5 Å². The molecule has 0 spiro atoms. The number of thiazole rings is 1. The van der Waals surface area contributed by atoms with Crippen molar-refractivity contribution in [2.75, 3.05) is 26.2 Å². The van der Waals surface area contributed by atoms with Crippen LogP contribution < -0.4 is 0 Å². The van der Waals surface area contributed by atoms with E-state index in [2.05, 4.69) is 32.6 Å². The summed E-state index contributed by atoms with van der Waals surface area (Å²) in [6.45, 7) is 14.5. The van der Waals surface area contributed by atoms with Crippen molar-refractivity contribution in [1.29, 1.82) is 0 Å². The van der Waals surface area contributed by atoms with Gasteiger partial charge in [0.25, 0.3) is 5.91 Å². The summed E-state index contributed by atoms with van der Waals surface area (Å²) in [5.41, 5.74) is 2.38. The van der Waals surface area contributed by atoms with Crippen LogP contribution >= 0.6 is 46.3 Å². The Hall–Kier alpha value is -2.57. The van der Waals surface area contributed by atoms with Crippen LogP contribution in [0.5, 0.6) is 0 Å². The second kappa shape index (κ2) is 13.9. The maximum absolute atomic E-state index is 14.5. The molecule has 0 N–H and O–H groups in total. The maximum Gasteiger partial charge on any atom is 0.416 e. The Kier molecular flexibility index (Phi) is 10.5. The summed E-state index contributed by atoms with van der Waals surface area (Å²) < 4.78 is 44.3. The van der Waals surface area contributed by atoms with Gasteiger partial charge in [-0.3, -0.25) is 9.69 Å². The number of aryl methyl sites for hydroxylation is 2. The highest BCUT2D eigenvalue weighted by Gasteiger charge is 2.36. The predicted molar refractivity (Wildman–Crippen MR) is 183 cm³/mol. The zero-order valence-corrected chi connectivity index (χ0v) is 29.6. The Labute approximate surface area is 285 Å². The number of hydrogen-bond donors (Lipinski definition) is 0. The number of nitrogens with zero attached hydrogens (tertiary/aromatic N) is 5. The number of hydrogen-bond acceptors (Lipinski definition) is 6. The number of likely N-dealkylation sites (N-methyl/N-ethyl adjacent to an activating group) is 1. The first kappa shape index (κ1) is 34.8. The highest BCUT2D eigenvalue weighted by atomic mass is 35.5. The number of halogens is 5. The molecule has 1 unspecified atom stereocenters. The second-order valence-corrected chi connectivity index (χ2v) is 15.3. The number of alkyl halides is 3. The van der Waals surface area contributed by atoms with Crippen LogP contribution in [0.4, 0.5) is 13.2 Å². The van der Waals surface area contributed by atoms with E-state index in [4.69, 9.17) is 33.3 Å². The van der Waals surface area contributed by atoms with Crippen molar-refractivity contribution in [3.05, 3.63) is 69.0 Å². The highest BCUT2D eigenvalue weighted by Crippen LogP contribution is 2.43. The minimum atomic E-state index is -4.55. The molecule has 1 saturated heterocycles. The minimum absolute atomic E-state index is 0.200. The molecule has 6 nitrogen and oxygen atoms in total. The predicted octanol–water partition coefficient (Wildman–Crippen LogP) is 9.66. The Balaban J connectivity index is 1.71. The van der Waals surface area contributed by atoms with Gasteiger partial charge in [-0.15, -0.1) is 11.8 Å². The topological polar surface area (TPSA) is 54.3 Å². The third kappa shape index (κ3) is 7.13. The van der Waals surface area contributed by atoms with Crippen LogP contribution in [0.15, 0.2) is 40.6 Å². The van der Waals surface area contributed by atoms with E-state index in [1.54, 1.807) is 48.7 Å². The number of likely N-dealkylation sites (tertiary alicyclic amines) is 1. The van der Waals surface area contributed by atoms with Gasteiger partial charge in [-0.1, -0.05) is 74.4 Å². The second-order valence-electron chi connectivity index (χ2n) is 11.6. The number of rotatable bonds is 9. The fourth-order valence-electron chi connectivity index (χ4n) is 5.92. The monoisotopic (exact) mass is 709 g/mol. The molecule has 1 amide bonds. The van der Waals surface area contributed by atoms with E-state index in [9.17, 15) is 18.0 Å². The Morgan fingerprint density at radius 2 is 1.80 bits per heavy atom. The molecule has 2 aromatic heterocycles. The first-order valence-corrected chi connectivity index (χ1v) is 17.6. The average molecular weight is 711 g/mol. The first-order chi connectivity index (χ1) is 21.7. The summed E-state index contributed by atoms with van der Waals surface area (Å²) in [5.74, 6) is -0.287. The average Bonchev–Trinajstić information content (AvgIpc) is 3.71. The van der Waals surface area contributed by atoms with Crippen LogP contribution in [0, 0.1) is 13.8 Å². The Morgan fingerprint density at radius 1 is 1.09 bits per heavy atom. The van der Waals surface area contributed by atoms with Gasteiger partial charge in [-0.05, 0) is 68.8 Å². The Morgan fingerprint density at radius 3 is 2.43 bits per heavy atom. The summed E-state index contributed by atoms with van der Waals surface area (Å²) in [6.07, 6.45) is -3.74. The summed E-state index contributed by atoms with van der Waals surface area (Å²) in [6, 6.07) is 9.39. The van der Waals surface area contributed by atoms with Crippen molar-refractivity contribution in [2.45, 2.75) is 69.6 Å². The van der Waals surface area contributed by atoms with Crippen molar-refractivity contribution in [3.63, 3.8) is 0 Å². The zero-order chi connectivity index (χ0) is 33.5. The van der Waals surface area contributed by atoms with E-state index in [0.29, 0.717) is 50.8 Å². The molecule has 3 heterocycles. The molecule has 1 aliphatic heterocycles. The standard InChI is InChI=1S/C33H36Cl2F3N5OS2/c1-7-41(8-2)24-11-12-42(17-24)30(44)29-27(22-13-19(5)14-23(15-22)33(36,37)38)20(6)40-43(29)32-39-28(31(46-32)45-18(3)4)21-9-10-25(34)26(35)16-21/h9-10,13-16,18,24H,7-8,11-12,17H2,1-6H3. The third-order valence-electron chi connectivity index (χ3n) is 8.04. The van der Waals surface area contributed by atoms with Gasteiger partial charge in [0.05, 0.1) is 31.2 Å². The lowest BCUT2D eigenvalue weighted by Crippen LogP contribution is -2.39. The van der Waals surface area contributed by atoms with Gasteiger partial charge in [0.2, 0.25) is 5.13 Å². The van der Waals surface area contributed by atoms with Gasteiger partial charge in [0.1, 0.15) is 5.69 Å². The molecule has 0 saturated carbocycles. The van der Waals surface area contributed by atoms with Crippen LogP contribution in [0.3, 0.4) is 0 Å². The van der Waals surface area contributed by atoms with Gasteiger partial charge >= 0.3 is 6.18 Å². The molecule has 13 heteroatoms. The molecule has 1 aliphatic rings. The first-order valence-electron chi connectivity index (χ1n) is 15.2. The molecule has 46 heavy (non-hydrogen) atoms. The van der Waals surface area contributed by atoms with E-state index >= 15 is 0 Å². The number of benzene rings is 2. The van der Waals surface area contributed by atoms with Gasteiger partial charge in [-0.2, -0.15) is 23.0 Å². The normalized spacial score (nSPS) is 15.5. The molecule has 1 fully saturated rings. The highest BCUT2D eigenvalue weighted by molar-refractivity contribution is 8.01. The molecule has 1 atom stereocenters. The quantitative estimate of drug-likeness (QED) is 0.162. The zero-order valence-electron chi connectivity index (χ0n) is 26.5. The summed E-state index contributed by atoms with van der Waals surface area (Å²) >= 11 is 15.6. The molecule has 246 valence electrons. The van der Waals surface area contributed by atoms with E-state index in [1.165, 1.54) is 16.0 Å². The lowest BCUT2D eigenvalue weighted by molar-refractivity contribution is -0.137. The van der Waals surface area contributed by atoms with E-state index in [1.807, 2.05) is 6.07 Å². The van der Waals surface area contributed by atoms with Gasteiger partial charge < -0.3 is 4.90 Å². The number of aromatic nitrogens is 3. The third-order valence-corrected chi connectivity index (χ3v) is 11.0. The van der Waals surface area contributed by atoms with Crippen LogP contribution in [0.1, 0.15) is 61.4 Å². The molecular weight excluding hydrogens is 674 g/mol. The maximum atomic E-state index is 14.5. The molecule has 0 radical (unpaired) electrons. The van der Waals surface area contributed by atoms with E-state index < -0.39 is 11.7 Å². The van der Waals surface area contributed by atoms with Crippen molar-refractivity contribution in [1.82, 2.24) is 24.6 Å². The van der Waals surface area contributed by atoms with Gasteiger partial charge in [-0.25, -0.2) is 4.98 Å². The molecule has 4 aromatic rings. The molecule has 0 bridgehead atoms. The Bertz CT molecular complexity index is 1750. The number of carbonyl (C=O) groups is 1. The fourth-order valence-corrected chi connectivity index (χ4v) is 8.70. The minimum Gasteiger partial charge on any atom is -0.336 e. The molecular formula is C33H36Cl2F3N5OS2.